The van der Waals surface area contributed by atoms with Gasteiger partial charge in [-0.25, -0.2) is 14.5 Å². The minimum absolute atomic E-state index is 0.134. The molecule has 106 valence electrons. The summed E-state index contributed by atoms with van der Waals surface area (Å²) in [4.78, 5) is 19.8. The van der Waals surface area contributed by atoms with E-state index in [9.17, 15) is 18.0 Å². The number of alkyl halides is 3. The zero-order valence-electron chi connectivity index (χ0n) is 10.5. The lowest BCUT2D eigenvalue weighted by Gasteiger charge is -2.14. The summed E-state index contributed by atoms with van der Waals surface area (Å²) in [5, 5.41) is 0.552. The third-order valence-corrected chi connectivity index (χ3v) is 2.96. The first kappa shape index (κ1) is 13.3. The van der Waals surface area contributed by atoms with Crippen LogP contribution in [-0.4, -0.2) is 14.5 Å². The van der Waals surface area contributed by atoms with Crippen molar-refractivity contribution in [2.45, 2.75) is 6.18 Å². The topological polar surface area (TPSA) is 47.8 Å². The van der Waals surface area contributed by atoms with Crippen LogP contribution < -0.4 is 5.56 Å². The van der Waals surface area contributed by atoms with Crippen LogP contribution in [0.1, 0.15) is 5.56 Å². The highest BCUT2D eigenvalue weighted by molar-refractivity contribution is 5.76. The van der Waals surface area contributed by atoms with Crippen LogP contribution in [0.15, 0.2) is 53.6 Å². The number of hydrogen-bond donors (Lipinski definition) is 0. The van der Waals surface area contributed by atoms with Crippen LogP contribution in [0, 0.1) is 0 Å². The smallest absolute Gasteiger partial charge is 0.269 e. The number of pyridine rings is 3. The third-order valence-electron chi connectivity index (χ3n) is 2.96. The predicted molar refractivity (Wildman–Crippen MR) is 70.1 cm³/mol. The molecule has 21 heavy (non-hydrogen) atoms. The van der Waals surface area contributed by atoms with Crippen LogP contribution in [0.5, 0.6) is 0 Å². The molecule has 3 aromatic heterocycles. The summed E-state index contributed by atoms with van der Waals surface area (Å²) in [6.07, 6.45) is -1.99. The molecule has 7 heteroatoms. The number of hydrogen-bond acceptors (Lipinski definition) is 3. The Morgan fingerprint density at radius 2 is 1.67 bits per heavy atom. The molecule has 0 saturated heterocycles. The van der Waals surface area contributed by atoms with Crippen LogP contribution in [0.4, 0.5) is 13.2 Å². The molecule has 0 unspecified atom stereocenters. The second kappa shape index (κ2) is 4.69. The molecule has 0 aliphatic rings. The maximum Gasteiger partial charge on any atom is 0.419 e. The molecule has 0 spiro atoms. The SMILES string of the molecule is O=c1ccc2cccnc2n1-c1ncccc1C(F)(F)F. The Kier molecular flexibility index (Phi) is 2.97. The van der Waals surface area contributed by atoms with Gasteiger partial charge in [-0.3, -0.25) is 4.79 Å². The summed E-state index contributed by atoms with van der Waals surface area (Å²) in [6.45, 7) is 0. The molecule has 3 rings (SSSR count). The average molecular weight is 291 g/mol. The van der Waals surface area contributed by atoms with Crippen LogP contribution >= 0.6 is 0 Å². The maximum atomic E-state index is 13.1. The highest BCUT2D eigenvalue weighted by Crippen LogP contribution is 2.32. The first-order chi connectivity index (χ1) is 9.98. The van der Waals surface area contributed by atoms with Crippen LogP contribution in [0.25, 0.3) is 16.9 Å². The summed E-state index contributed by atoms with van der Waals surface area (Å²) in [6, 6.07) is 8.07. The molecule has 0 N–H and O–H groups in total. The molecular weight excluding hydrogens is 283 g/mol. The molecule has 0 saturated carbocycles. The Bertz CT molecular complexity index is 871. The van der Waals surface area contributed by atoms with Gasteiger partial charge < -0.3 is 0 Å². The number of fused-ring (bicyclic) bond motifs is 1. The molecule has 3 heterocycles. The fraction of sp³-hybridized carbons (Fsp3) is 0.0714. The minimum Gasteiger partial charge on any atom is -0.269 e. The van der Waals surface area contributed by atoms with E-state index in [4.69, 9.17) is 0 Å². The lowest BCUT2D eigenvalue weighted by atomic mass is 10.2. The van der Waals surface area contributed by atoms with Crippen molar-refractivity contribution >= 4 is 11.0 Å². The van der Waals surface area contributed by atoms with Crippen LogP contribution in [-0.2, 0) is 6.18 Å². The van der Waals surface area contributed by atoms with E-state index >= 15 is 0 Å². The van der Waals surface area contributed by atoms with E-state index in [1.54, 1.807) is 12.1 Å². The molecule has 0 aliphatic heterocycles. The normalized spacial score (nSPS) is 11.8. The van der Waals surface area contributed by atoms with Gasteiger partial charge in [0.2, 0.25) is 0 Å². The monoisotopic (exact) mass is 291 g/mol. The van der Waals surface area contributed by atoms with Crippen molar-refractivity contribution in [3.63, 3.8) is 0 Å². The first-order valence-corrected chi connectivity index (χ1v) is 5.98. The fourth-order valence-electron chi connectivity index (χ4n) is 2.07. The van der Waals surface area contributed by atoms with Crippen molar-refractivity contribution in [3.8, 4) is 5.82 Å². The van der Waals surface area contributed by atoms with Crippen molar-refractivity contribution in [2.75, 3.05) is 0 Å². The van der Waals surface area contributed by atoms with E-state index in [0.29, 0.717) is 5.39 Å². The standard InChI is InChI=1S/C14H8F3N3O/c15-14(16,17)10-4-2-8-19-13(10)20-11(21)6-5-9-3-1-7-18-12(9)20/h1-8H. The highest BCUT2D eigenvalue weighted by Gasteiger charge is 2.35. The summed E-state index contributed by atoms with van der Waals surface area (Å²) in [7, 11) is 0. The molecule has 0 aromatic carbocycles. The van der Waals surface area contributed by atoms with E-state index < -0.39 is 23.1 Å². The number of aromatic nitrogens is 3. The van der Waals surface area contributed by atoms with Crippen molar-refractivity contribution in [1.29, 1.82) is 0 Å². The lowest BCUT2D eigenvalue weighted by molar-refractivity contribution is -0.137. The van der Waals surface area contributed by atoms with Gasteiger partial charge in [-0.15, -0.1) is 0 Å². The number of halogens is 3. The van der Waals surface area contributed by atoms with Gasteiger partial charge >= 0.3 is 6.18 Å². The number of nitrogens with zero attached hydrogens (tertiary/aromatic N) is 3. The molecule has 0 radical (unpaired) electrons. The molecule has 0 amide bonds. The van der Waals surface area contributed by atoms with E-state index in [-0.39, 0.29) is 5.65 Å². The Morgan fingerprint density at radius 3 is 2.43 bits per heavy atom. The molecule has 3 aromatic rings. The van der Waals surface area contributed by atoms with Crippen LogP contribution in [0.3, 0.4) is 0 Å². The molecule has 0 aliphatic carbocycles. The molecular formula is C14H8F3N3O. The van der Waals surface area contributed by atoms with Gasteiger partial charge in [0.15, 0.2) is 5.82 Å². The van der Waals surface area contributed by atoms with Gasteiger partial charge in [-0.1, -0.05) is 0 Å². The van der Waals surface area contributed by atoms with E-state index in [1.165, 1.54) is 30.6 Å². The summed E-state index contributed by atoms with van der Waals surface area (Å²) >= 11 is 0. The lowest BCUT2D eigenvalue weighted by Crippen LogP contribution is -2.23. The second-order valence-electron chi connectivity index (χ2n) is 4.30. The van der Waals surface area contributed by atoms with E-state index in [0.717, 1.165) is 10.6 Å². The maximum absolute atomic E-state index is 13.1. The summed E-state index contributed by atoms with van der Waals surface area (Å²) < 4.78 is 40.1. The minimum atomic E-state index is -4.61. The van der Waals surface area contributed by atoms with Crippen molar-refractivity contribution < 1.29 is 13.2 Å². The van der Waals surface area contributed by atoms with E-state index in [2.05, 4.69) is 9.97 Å². The fourth-order valence-corrected chi connectivity index (χ4v) is 2.07. The molecule has 0 fully saturated rings. The van der Waals surface area contributed by atoms with Gasteiger partial charge in [0.1, 0.15) is 5.65 Å². The quantitative estimate of drug-likeness (QED) is 0.692. The summed E-state index contributed by atoms with van der Waals surface area (Å²) in [5.74, 6) is -0.473. The summed E-state index contributed by atoms with van der Waals surface area (Å²) in [5.41, 5.74) is -1.47. The third kappa shape index (κ3) is 2.26. The zero-order valence-corrected chi connectivity index (χ0v) is 10.5. The first-order valence-electron chi connectivity index (χ1n) is 5.98. The second-order valence-corrected chi connectivity index (χ2v) is 4.30. The van der Waals surface area contributed by atoms with Gasteiger partial charge in [0.25, 0.3) is 5.56 Å². The Hall–Kier alpha value is -2.70. The Labute approximate surface area is 116 Å². The van der Waals surface area contributed by atoms with Crippen LogP contribution in [0.2, 0.25) is 0 Å². The molecule has 4 nitrogen and oxygen atoms in total. The van der Waals surface area contributed by atoms with Crippen molar-refractivity contribution in [3.05, 3.63) is 64.7 Å². The van der Waals surface area contributed by atoms with Gasteiger partial charge in [0.05, 0.1) is 5.56 Å². The zero-order chi connectivity index (χ0) is 15.0. The predicted octanol–water partition coefficient (Wildman–Crippen LogP) is 2.80. The Balaban J connectivity index is 2.42. The van der Waals surface area contributed by atoms with E-state index in [1.807, 2.05) is 0 Å². The average Bonchev–Trinajstić information content (AvgIpc) is 2.46. The van der Waals surface area contributed by atoms with Gasteiger partial charge in [-0.05, 0) is 30.3 Å². The van der Waals surface area contributed by atoms with Gasteiger partial charge in [0, 0.05) is 23.8 Å². The van der Waals surface area contributed by atoms with Gasteiger partial charge in [-0.2, -0.15) is 13.2 Å². The highest BCUT2D eigenvalue weighted by atomic mass is 19.4. The molecule has 0 atom stereocenters. The van der Waals surface area contributed by atoms with Crippen molar-refractivity contribution in [1.82, 2.24) is 14.5 Å². The molecule has 0 bridgehead atoms. The Morgan fingerprint density at radius 1 is 0.952 bits per heavy atom. The largest absolute Gasteiger partial charge is 0.419 e. The number of rotatable bonds is 1. The van der Waals surface area contributed by atoms with Crippen molar-refractivity contribution in [2.24, 2.45) is 0 Å².